The van der Waals surface area contributed by atoms with Crippen LogP contribution in [-0.2, 0) is 14.9 Å². The lowest BCUT2D eigenvalue weighted by molar-refractivity contribution is 0.0595. The molecule has 0 saturated heterocycles. The largest absolute Gasteiger partial charge is 0.478 e. The average Bonchev–Trinajstić information content (AvgIpc) is 2.25. The van der Waals surface area contributed by atoms with Crippen LogP contribution in [0.2, 0.25) is 0 Å². The quantitative estimate of drug-likeness (QED) is 0.597. The number of methoxy groups -OCH3 is 1. The minimum absolute atomic E-state index is 0.532. The monoisotopic (exact) mass is 260 g/mol. The van der Waals surface area contributed by atoms with Crippen molar-refractivity contribution in [3.63, 3.8) is 0 Å². The van der Waals surface area contributed by atoms with E-state index in [2.05, 4.69) is 4.74 Å². The van der Waals surface area contributed by atoms with Crippen molar-refractivity contribution in [2.45, 2.75) is 4.90 Å². The van der Waals surface area contributed by atoms with E-state index < -0.39 is 38.1 Å². The Hall–Kier alpha value is -1.93. The Labute approximate surface area is 96.4 Å². The molecule has 0 aromatic heterocycles. The van der Waals surface area contributed by atoms with Crippen molar-refractivity contribution in [1.29, 1.82) is 0 Å². The number of hydrogen-bond donors (Lipinski definition) is 2. The predicted molar refractivity (Wildman–Crippen MR) is 54.6 cm³/mol. The van der Waals surface area contributed by atoms with Gasteiger partial charge in [-0.15, -0.1) is 0 Å². The number of aromatic carboxylic acids is 1. The first-order valence-corrected chi connectivity index (χ1v) is 5.65. The van der Waals surface area contributed by atoms with Crippen molar-refractivity contribution in [3.8, 4) is 0 Å². The van der Waals surface area contributed by atoms with Crippen LogP contribution in [0.4, 0.5) is 0 Å². The third-order valence-electron chi connectivity index (χ3n) is 1.91. The molecule has 0 aliphatic rings. The molecule has 0 bridgehead atoms. The van der Waals surface area contributed by atoms with Crippen LogP contribution in [0.15, 0.2) is 23.1 Å². The first-order chi connectivity index (χ1) is 7.79. The summed E-state index contributed by atoms with van der Waals surface area (Å²) in [5, 5.41) is 8.78. The number of benzene rings is 1. The number of carbonyl (C=O) groups excluding carboxylic acids is 1. The fourth-order valence-electron chi connectivity index (χ4n) is 1.25. The number of carboxylic acid groups (broad SMARTS) is 1. The Bertz CT molecular complexity index is 573. The van der Waals surface area contributed by atoms with Crippen molar-refractivity contribution in [1.82, 2.24) is 0 Å². The maximum atomic E-state index is 11.3. The molecule has 1 aromatic carbocycles. The molecule has 92 valence electrons. The fourth-order valence-corrected chi connectivity index (χ4v) is 2.12. The van der Waals surface area contributed by atoms with Gasteiger partial charge in [0.05, 0.1) is 18.2 Å². The van der Waals surface area contributed by atoms with Crippen LogP contribution in [0.5, 0.6) is 0 Å². The second-order valence-corrected chi connectivity index (χ2v) is 4.31. The van der Waals surface area contributed by atoms with Crippen molar-refractivity contribution >= 4 is 22.1 Å². The van der Waals surface area contributed by atoms with Gasteiger partial charge >= 0.3 is 11.9 Å². The van der Waals surface area contributed by atoms with E-state index in [1.54, 1.807) is 0 Å². The van der Waals surface area contributed by atoms with Gasteiger partial charge in [-0.25, -0.2) is 9.59 Å². The first-order valence-electron chi connectivity index (χ1n) is 4.21. The summed E-state index contributed by atoms with van der Waals surface area (Å²) in [6.07, 6.45) is 0. The SMILES string of the molecule is COC(=O)c1cccc(C(=O)O)c1S(=O)(=O)O. The number of carbonyl (C=O) groups is 2. The summed E-state index contributed by atoms with van der Waals surface area (Å²) in [7, 11) is -3.84. The number of rotatable bonds is 3. The summed E-state index contributed by atoms with van der Waals surface area (Å²) < 4.78 is 35.4. The second kappa shape index (κ2) is 4.52. The molecule has 17 heavy (non-hydrogen) atoms. The highest BCUT2D eigenvalue weighted by molar-refractivity contribution is 7.86. The van der Waals surface area contributed by atoms with Crippen molar-refractivity contribution < 1.29 is 32.4 Å². The molecule has 0 spiro atoms. The van der Waals surface area contributed by atoms with Gasteiger partial charge in [0.2, 0.25) is 0 Å². The Morgan fingerprint density at radius 2 is 1.76 bits per heavy atom. The molecule has 2 N–H and O–H groups in total. The van der Waals surface area contributed by atoms with Gasteiger partial charge in [0, 0.05) is 0 Å². The van der Waals surface area contributed by atoms with E-state index in [0.717, 1.165) is 19.2 Å². The Morgan fingerprint density at radius 3 is 2.18 bits per heavy atom. The molecule has 0 amide bonds. The smallest absolute Gasteiger partial charge is 0.339 e. The van der Waals surface area contributed by atoms with Crippen LogP contribution in [0.1, 0.15) is 20.7 Å². The second-order valence-electron chi connectivity index (χ2n) is 2.95. The number of esters is 1. The summed E-state index contributed by atoms with van der Waals surface area (Å²) in [6, 6.07) is 3.17. The molecule has 0 atom stereocenters. The molecule has 1 rings (SSSR count). The Morgan fingerprint density at radius 1 is 1.24 bits per heavy atom. The van der Waals surface area contributed by atoms with Crippen molar-refractivity contribution in [2.24, 2.45) is 0 Å². The molecule has 0 saturated carbocycles. The third kappa shape index (κ3) is 2.60. The lowest BCUT2D eigenvalue weighted by Gasteiger charge is -2.07. The zero-order valence-corrected chi connectivity index (χ0v) is 9.39. The van der Waals surface area contributed by atoms with Crippen LogP contribution in [-0.4, -0.2) is 37.1 Å². The summed E-state index contributed by atoms with van der Waals surface area (Å²) in [5.41, 5.74) is -1.23. The molecule has 1 aromatic rings. The molecular formula is C9H8O7S. The van der Waals surface area contributed by atoms with Gasteiger partial charge in [0.25, 0.3) is 10.1 Å². The maximum absolute atomic E-state index is 11.3. The molecule has 0 heterocycles. The zero-order chi connectivity index (χ0) is 13.2. The van der Waals surface area contributed by atoms with Gasteiger partial charge in [-0.05, 0) is 12.1 Å². The zero-order valence-electron chi connectivity index (χ0n) is 8.58. The van der Waals surface area contributed by atoms with Gasteiger partial charge < -0.3 is 9.84 Å². The van der Waals surface area contributed by atoms with Crippen molar-refractivity contribution in [3.05, 3.63) is 29.3 Å². The molecule has 7 nitrogen and oxygen atoms in total. The Kier molecular flexibility index (Phi) is 3.49. The van der Waals surface area contributed by atoms with Gasteiger partial charge in [0.1, 0.15) is 4.90 Å². The number of hydrogen-bond acceptors (Lipinski definition) is 5. The lowest BCUT2D eigenvalue weighted by atomic mass is 10.1. The molecule has 0 unspecified atom stereocenters. The van der Waals surface area contributed by atoms with Crippen LogP contribution < -0.4 is 0 Å². The summed E-state index contributed by atoms with van der Waals surface area (Å²) >= 11 is 0. The minimum Gasteiger partial charge on any atom is -0.478 e. The van der Waals surface area contributed by atoms with E-state index in [-0.39, 0.29) is 0 Å². The highest BCUT2D eigenvalue weighted by Gasteiger charge is 2.27. The molecular weight excluding hydrogens is 252 g/mol. The predicted octanol–water partition coefficient (Wildman–Crippen LogP) is 0.418. The van der Waals surface area contributed by atoms with E-state index in [9.17, 15) is 18.0 Å². The Balaban J connectivity index is 3.69. The number of ether oxygens (including phenoxy) is 1. The van der Waals surface area contributed by atoms with E-state index in [0.29, 0.717) is 0 Å². The van der Waals surface area contributed by atoms with Crippen LogP contribution in [0, 0.1) is 0 Å². The molecule has 8 heteroatoms. The average molecular weight is 260 g/mol. The number of carboxylic acids is 1. The van der Waals surface area contributed by atoms with E-state index in [1.165, 1.54) is 6.07 Å². The van der Waals surface area contributed by atoms with Gasteiger partial charge in [-0.1, -0.05) is 6.07 Å². The fraction of sp³-hybridized carbons (Fsp3) is 0.111. The molecule has 0 radical (unpaired) electrons. The summed E-state index contributed by atoms with van der Waals surface area (Å²) in [4.78, 5) is 21.1. The van der Waals surface area contributed by atoms with E-state index in [4.69, 9.17) is 9.66 Å². The molecule has 0 aliphatic heterocycles. The van der Waals surface area contributed by atoms with Crippen LogP contribution >= 0.6 is 0 Å². The first kappa shape index (κ1) is 13.1. The minimum atomic E-state index is -4.85. The topological polar surface area (TPSA) is 118 Å². The van der Waals surface area contributed by atoms with Gasteiger partial charge in [-0.3, -0.25) is 4.55 Å². The highest BCUT2D eigenvalue weighted by atomic mass is 32.2. The maximum Gasteiger partial charge on any atom is 0.339 e. The summed E-state index contributed by atoms with van der Waals surface area (Å²) in [6.45, 7) is 0. The standard InChI is InChI=1S/C9H8O7S/c1-16-9(12)6-4-2-3-5(8(10)11)7(6)17(13,14)15/h2-4H,1H3,(H,10,11)(H,13,14,15). The van der Waals surface area contributed by atoms with Crippen LogP contribution in [0.3, 0.4) is 0 Å². The van der Waals surface area contributed by atoms with Gasteiger partial charge in [-0.2, -0.15) is 8.42 Å². The van der Waals surface area contributed by atoms with E-state index >= 15 is 0 Å². The van der Waals surface area contributed by atoms with Gasteiger partial charge in [0.15, 0.2) is 0 Å². The van der Waals surface area contributed by atoms with Crippen LogP contribution in [0.25, 0.3) is 0 Å². The highest BCUT2D eigenvalue weighted by Crippen LogP contribution is 2.21. The van der Waals surface area contributed by atoms with E-state index in [1.807, 2.05) is 0 Å². The summed E-state index contributed by atoms with van der Waals surface area (Å²) in [5.74, 6) is -2.64. The van der Waals surface area contributed by atoms with Crippen molar-refractivity contribution in [2.75, 3.05) is 7.11 Å². The normalized spacial score (nSPS) is 10.9. The molecule has 0 aliphatic carbocycles. The lowest BCUT2D eigenvalue weighted by Crippen LogP contribution is -2.15. The molecule has 0 fully saturated rings. The third-order valence-corrected chi connectivity index (χ3v) is 2.86.